The number of ether oxygens (including phenoxy) is 2. The molecule has 3 atom stereocenters. The molecule has 5 heterocycles. The maximum absolute atomic E-state index is 14.9. The number of likely N-dealkylation sites (N-methyl/N-ethyl adjacent to an activating group) is 2. The Labute approximate surface area is 427 Å². The molecule has 4 amide bonds. The number of phenolic OH excluding ortho intramolecular Hbond substituents is 1. The monoisotopic (exact) mass is 996 g/mol. The Morgan fingerprint density at radius 2 is 1.84 bits per heavy atom. The fraction of sp³-hybridized carbons (Fsp3) is 0.411. The number of esters is 1. The standard InChI is InChI=1S/C56H69N9O8/c1-11-64-48-21-18-37-29-43(48)44(51(64)41-15-12-22-57-47(41)32-72-10)30-56(5,6)33-73-55(71)46-16-13-24-65(61-46)53(69)42(27-36-25-38(37)28-40(66)26-36)35(4)59-52(68)50(34(2)3)63(9)54(70)45-20-19-39(31-58-45)60-49(67)17-14-23-62(7)8/h12,14-15,17-22,25-26,28-29,31,34,42,46,50,61,66H,4,11,13,16,23-24,27,30,32-33H2,1-3,5-10H3,(H,59,68)(H,60,67)/b17-14+/t42-,46+,50+/m1/s1. The van der Waals surface area contributed by atoms with Crippen LogP contribution in [0.3, 0.4) is 0 Å². The number of hydrogen-bond donors (Lipinski definition) is 4. The van der Waals surface area contributed by atoms with Crippen molar-refractivity contribution < 1.29 is 38.6 Å². The lowest BCUT2D eigenvalue weighted by Crippen LogP contribution is -2.58. The van der Waals surface area contributed by atoms with Gasteiger partial charge in [0.15, 0.2) is 0 Å². The van der Waals surface area contributed by atoms with Crippen LogP contribution in [-0.4, -0.2) is 124 Å². The van der Waals surface area contributed by atoms with Crippen LogP contribution in [-0.2, 0) is 54.6 Å². The van der Waals surface area contributed by atoms with Crippen molar-refractivity contribution in [3.63, 3.8) is 0 Å². The van der Waals surface area contributed by atoms with E-state index >= 15 is 0 Å². The van der Waals surface area contributed by atoms with Gasteiger partial charge >= 0.3 is 5.97 Å². The van der Waals surface area contributed by atoms with E-state index in [1.54, 1.807) is 51.4 Å². The number of carbonyl (C=O) groups excluding carboxylic acids is 5. The van der Waals surface area contributed by atoms with Crippen molar-refractivity contribution in [3.8, 4) is 28.1 Å². The maximum atomic E-state index is 14.9. The summed E-state index contributed by atoms with van der Waals surface area (Å²) in [6.45, 7) is 16.0. The summed E-state index contributed by atoms with van der Waals surface area (Å²) >= 11 is 0. The number of pyridine rings is 2. The first-order valence-corrected chi connectivity index (χ1v) is 24.8. The number of carbonyl (C=O) groups is 5. The predicted octanol–water partition coefficient (Wildman–Crippen LogP) is 6.90. The van der Waals surface area contributed by atoms with Crippen LogP contribution < -0.4 is 16.1 Å². The number of nitrogens with zero attached hydrogens (tertiary/aromatic N) is 6. The van der Waals surface area contributed by atoms with Gasteiger partial charge in [-0.25, -0.2) is 10.4 Å². The van der Waals surface area contributed by atoms with Crippen molar-refractivity contribution >= 4 is 46.2 Å². The number of amides is 4. The highest BCUT2D eigenvalue weighted by Crippen LogP contribution is 2.41. The minimum Gasteiger partial charge on any atom is -0.508 e. The van der Waals surface area contributed by atoms with Crippen LogP contribution in [0.15, 0.2) is 97.5 Å². The summed E-state index contributed by atoms with van der Waals surface area (Å²) in [5.41, 5.74) is 10.0. The zero-order chi connectivity index (χ0) is 52.7. The van der Waals surface area contributed by atoms with Gasteiger partial charge in [0.05, 0.1) is 42.4 Å². The molecule has 2 aliphatic rings. The van der Waals surface area contributed by atoms with Crippen molar-refractivity contribution in [2.45, 2.75) is 85.5 Å². The molecule has 17 heteroatoms. The lowest BCUT2D eigenvalue weighted by Gasteiger charge is -2.36. The molecule has 1 fully saturated rings. The van der Waals surface area contributed by atoms with E-state index in [2.05, 4.69) is 71.2 Å². The summed E-state index contributed by atoms with van der Waals surface area (Å²) in [4.78, 5) is 81.8. The first kappa shape index (κ1) is 53.6. The summed E-state index contributed by atoms with van der Waals surface area (Å²) in [6, 6.07) is 16.6. The van der Waals surface area contributed by atoms with Crippen molar-refractivity contribution in [2.24, 2.45) is 17.3 Å². The molecule has 4 N–H and O–H groups in total. The molecule has 0 saturated carbocycles. The molecule has 3 aromatic heterocycles. The maximum Gasteiger partial charge on any atom is 0.324 e. The van der Waals surface area contributed by atoms with Crippen LogP contribution in [0.5, 0.6) is 5.75 Å². The number of nitrogens with one attached hydrogen (secondary N) is 3. The summed E-state index contributed by atoms with van der Waals surface area (Å²) in [5, 5.41) is 19.4. The molecule has 0 radical (unpaired) electrons. The Kier molecular flexibility index (Phi) is 17.0. The number of fused-ring (bicyclic) bond motifs is 6. The molecule has 1 saturated heterocycles. The van der Waals surface area contributed by atoms with Crippen LogP contribution in [0.1, 0.15) is 74.8 Å². The van der Waals surface area contributed by atoms with Crippen LogP contribution in [0.4, 0.5) is 5.69 Å². The number of aryl methyl sites for hydroxylation is 1. The molecule has 5 aromatic rings. The van der Waals surface area contributed by atoms with Gasteiger partial charge in [-0.2, -0.15) is 0 Å². The van der Waals surface area contributed by atoms with Gasteiger partial charge in [-0.15, -0.1) is 0 Å². The molecule has 73 heavy (non-hydrogen) atoms. The van der Waals surface area contributed by atoms with E-state index in [0.717, 1.165) is 39.0 Å². The molecule has 0 spiro atoms. The molecule has 6 bridgehead atoms. The molecule has 2 aromatic carbocycles. The van der Waals surface area contributed by atoms with Gasteiger partial charge in [0.25, 0.3) is 5.91 Å². The van der Waals surface area contributed by atoms with Gasteiger partial charge < -0.3 is 39.6 Å². The highest BCUT2D eigenvalue weighted by atomic mass is 16.5. The van der Waals surface area contributed by atoms with E-state index in [4.69, 9.17) is 14.5 Å². The predicted molar refractivity (Wildman–Crippen MR) is 281 cm³/mol. The van der Waals surface area contributed by atoms with E-state index in [0.29, 0.717) is 55.8 Å². The average Bonchev–Trinajstić information content (AvgIpc) is 3.65. The third-order valence-electron chi connectivity index (χ3n) is 13.3. The van der Waals surface area contributed by atoms with Crippen molar-refractivity contribution in [3.05, 3.63) is 120 Å². The number of aromatic nitrogens is 3. The second kappa shape index (κ2) is 23.1. The van der Waals surface area contributed by atoms with Gasteiger partial charge in [-0.1, -0.05) is 52.5 Å². The molecule has 17 nitrogen and oxygen atoms in total. The average molecular weight is 996 g/mol. The molecule has 2 aliphatic heterocycles. The van der Waals surface area contributed by atoms with E-state index in [1.165, 1.54) is 35.3 Å². The van der Waals surface area contributed by atoms with Gasteiger partial charge in [0.2, 0.25) is 17.7 Å². The fourth-order valence-electron chi connectivity index (χ4n) is 9.78. The number of benzene rings is 2. The SMILES string of the molecule is C=C(NC(=O)[C@H](C(C)C)N(C)C(=O)c1ccc(NC(=O)/C=C/CN(C)C)cn1)[C@H]1Cc2cc(O)cc(c2)-c2ccc3c(c2)c(c(-c2cccnc2COC)n3CC)CC(C)(C)COC(=O)[C@@H]2CCCN(N2)C1=O. The van der Waals surface area contributed by atoms with E-state index < -0.39 is 53.0 Å². The number of cyclic esters (lactones) is 1. The molecule has 7 rings (SSSR count). The number of methoxy groups -OCH3 is 1. The number of hydrazine groups is 1. The number of phenols is 1. The summed E-state index contributed by atoms with van der Waals surface area (Å²) in [5.74, 6) is -3.91. The minimum atomic E-state index is -1.09. The third-order valence-corrected chi connectivity index (χ3v) is 13.3. The minimum absolute atomic E-state index is 0.00727. The first-order valence-electron chi connectivity index (χ1n) is 24.8. The van der Waals surface area contributed by atoms with Crippen LogP contribution >= 0.6 is 0 Å². The third kappa shape index (κ3) is 12.5. The molecular weight excluding hydrogens is 927 g/mol. The zero-order valence-electron chi connectivity index (χ0n) is 43.5. The Hall–Kier alpha value is -7.21. The second-order valence-electron chi connectivity index (χ2n) is 20.3. The smallest absolute Gasteiger partial charge is 0.324 e. The Balaban J connectivity index is 1.23. The van der Waals surface area contributed by atoms with E-state index in [1.807, 2.05) is 37.2 Å². The number of anilines is 1. The number of aromatic hydroxyl groups is 1. The molecule has 0 unspecified atom stereocenters. The number of rotatable bonds is 14. The normalized spacial score (nSPS) is 17.6. The first-order chi connectivity index (χ1) is 34.8. The molecular formula is C56H69N9O8. The molecule has 386 valence electrons. The summed E-state index contributed by atoms with van der Waals surface area (Å²) in [6.07, 6.45) is 7.75. The van der Waals surface area contributed by atoms with Crippen LogP contribution in [0.2, 0.25) is 0 Å². The van der Waals surface area contributed by atoms with E-state index in [-0.39, 0.29) is 42.6 Å². The topological polar surface area (TPSA) is 201 Å². The summed E-state index contributed by atoms with van der Waals surface area (Å²) < 4.78 is 14.0. The Morgan fingerprint density at radius 1 is 1.05 bits per heavy atom. The highest BCUT2D eigenvalue weighted by molar-refractivity contribution is 6.00. The Bertz CT molecular complexity index is 2910. The van der Waals surface area contributed by atoms with Crippen LogP contribution in [0.25, 0.3) is 33.3 Å². The van der Waals surface area contributed by atoms with E-state index in [9.17, 15) is 29.1 Å². The van der Waals surface area contributed by atoms with Gasteiger partial charge in [0.1, 0.15) is 23.5 Å². The van der Waals surface area contributed by atoms with Crippen molar-refractivity contribution in [1.82, 2.24) is 40.1 Å². The highest BCUT2D eigenvalue weighted by Gasteiger charge is 2.38. The van der Waals surface area contributed by atoms with Crippen molar-refractivity contribution in [1.29, 1.82) is 0 Å². The lowest BCUT2D eigenvalue weighted by molar-refractivity contribution is -0.155. The largest absolute Gasteiger partial charge is 0.508 e. The second-order valence-corrected chi connectivity index (χ2v) is 20.3. The Morgan fingerprint density at radius 3 is 2.53 bits per heavy atom. The quantitative estimate of drug-likeness (QED) is 0.0664. The lowest BCUT2D eigenvalue weighted by atomic mass is 9.84. The zero-order valence-corrected chi connectivity index (χ0v) is 43.5. The van der Waals surface area contributed by atoms with Gasteiger partial charge in [-0.05, 0) is 123 Å². The molecule has 0 aliphatic carbocycles. The number of hydrogen-bond acceptors (Lipinski definition) is 12. The van der Waals surface area contributed by atoms with Gasteiger partial charge in [-0.3, -0.25) is 34.0 Å². The summed E-state index contributed by atoms with van der Waals surface area (Å²) in [7, 11) is 6.94. The van der Waals surface area contributed by atoms with Crippen molar-refractivity contribution in [2.75, 3.05) is 53.3 Å². The van der Waals surface area contributed by atoms with Gasteiger partial charge in [0, 0.05) is 73.6 Å². The van der Waals surface area contributed by atoms with Crippen LogP contribution in [0, 0.1) is 17.3 Å². The fourth-order valence-corrected chi connectivity index (χ4v) is 9.78.